The van der Waals surface area contributed by atoms with Crippen LogP contribution >= 0.6 is 27.3 Å². The summed E-state index contributed by atoms with van der Waals surface area (Å²) in [5, 5.41) is 8.43. The zero-order valence-electron chi connectivity index (χ0n) is 14.7. The van der Waals surface area contributed by atoms with Crippen molar-refractivity contribution in [3.05, 3.63) is 40.1 Å². The number of aromatic nitrogens is 3. The molecule has 1 aliphatic heterocycles. The number of carbonyl (C=O) groups excluding carboxylic acids is 1. The summed E-state index contributed by atoms with van der Waals surface area (Å²) in [5.41, 5.74) is 2.47. The van der Waals surface area contributed by atoms with E-state index in [0.717, 1.165) is 46.7 Å². The maximum Gasteiger partial charge on any atom is 0.269 e. The summed E-state index contributed by atoms with van der Waals surface area (Å²) in [6, 6.07) is 8.09. The molecular formula is C18H20BrN5OS. The van der Waals surface area contributed by atoms with Crippen LogP contribution in [-0.4, -0.2) is 39.8 Å². The zero-order valence-corrected chi connectivity index (χ0v) is 17.1. The molecule has 0 saturated carbocycles. The molecule has 0 radical (unpaired) electrons. The number of rotatable bonds is 3. The first-order valence-corrected chi connectivity index (χ1v) is 10.2. The maximum atomic E-state index is 12.6. The average molecular weight is 434 g/mol. The monoisotopic (exact) mass is 433 g/mol. The SMILES string of the molecule is Cc1cc(C(=O)NC2CCCN(c3nc4ccc(Br)cc4s3)C2)n(C)n1. The number of carbonyl (C=O) groups is 1. The van der Waals surface area contributed by atoms with Gasteiger partial charge in [-0.3, -0.25) is 9.48 Å². The van der Waals surface area contributed by atoms with Crippen molar-refractivity contribution in [2.75, 3.05) is 18.0 Å². The minimum absolute atomic E-state index is 0.0619. The molecule has 4 rings (SSSR count). The average Bonchev–Trinajstić information content (AvgIpc) is 3.17. The van der Waals surface area contributed by atoms with E-state index in [9.17, 15) is 4.79 Å². The number of hydrogen-bond acceptors (Lipinski definition) is 5. The van der Waals surface area contributed by atoms with Crippen LogP contribution in [0.4, 0.5) is 5.13 Å². The molecule has 6 nitrogen and oxygen atoms in total. The molecule has 1 saturated heterocycles. The van der Waals surface area contributed by atoms with Gasteiger partial charge in [0.1, 0.15) is 5.69 Å². The van der Waals surface area contributed by atoms with Crippen molar-refractivity contribution in [1.82, 2.24) is 20.1 Å². The third-order valence-electron chi connectivity index (χ3n) is 4.60. The van der Waals surface area contributed by atoms with E-state index in [-0.39, 0.29) is 11.9 Å². The summed E-state index contributed by atoms with van der Waals surface area (Å²) in [7, 11) is 1.80. The molecule has 1 unspecified atom stereocenters. The Morgan fingerprint density at radius 3 is 3.00 bits per heavy atom. The van der Waals surface area contributed by atoms with E-state index in [4.69, 9.17) is 4.98 Å². The Hall–Kier alpha value is -1.93. The standard InChI is InChI=1S/C18H20BrN5OS/c1-11-8-15(23(2)22-11)17(25)20-13-4-3-7-24(10-13)18-21-14-6-5-12(19)9-16(14)26-18/h5-6,8-9,13H,3-4,7,10H2,1-2H3,(H,20,25). The number of aryl methyl sites for hydroxylation is 2. The molecular weight excluding hydrogens is 414 g/mol. The highest BCUT2D eigenvalue weighted by atomic mass is 79.9. The van der Waals surface area contributed by atoms with E-state index in [1.165, 1.54) is 4.70 Å². The molecule has 3 heterocycles. The minimum atomic E-state index is -0.0619. The van der Waals surface area contributed by atoms with Crippen LogP contribution < -0.4 is 10.2 Å². The van der Waals surface area contributed by atoms with Gasteiger partial charge >= 0.3 is 0 Å². The van der Waals surface area contributed by atoms with Crippen molar-refractivity contribution in [1.29, 1.82) is 0 Å². The molecule has 8 heteroatoms. The second-order valence-electron chi connectivity index (χ2n) is 6.66. The first kappa shape index (κ1) is 17.5. The highest BCUT2D eigenvalue weighted by Gasteiger charge is 2.25. The summed E-state index contributed by atoms with van der Waals surface area (Å²) in [5.74, 6) is -0.0619. The van der Waals surface area contributed by atoms with E-state index in [1.54, 1.807) is 23.1 Å². The number of benzene rings is 1. The van der Waals surface area contributed by atoms with E-state index < -0.39 is 0 Å². The molecule has 3 aromatic rings. The van der Waals surface area contributed by atoms with Crippen molar-refractivity contribution in [2.24, 2.45) is 7.05 Å². The topological polar surface area (TPSA) is 63.1 Å². The molecule has 1 N–H and O–H groups in total. The van der Waals surface area contributed by atoms with Gasteiger partial charge in [0.2, 0.25) is 0 Å². The summed E-state index contributed by atoms with van der Waals surface area (Å²) < 4.78 is 3.87. The van der Waals surface area contributed by atoms with Gasteiger partial charge in [-0.05, 0) is 44.0 Å². The van der Waals surface area contributed by atoms with Gasteiger partial charge in [-0.15, -0.1) is 0 Å². The second-order valence-corrected chi connectivity index (χ2v) is 8.59. The van der Waals surface area contributed by atoms with Gasteiger partial charge in [0, 0.05) is 30.7 Å². The fourth-order valence-corrected chi connectivity index (χ4v) is 4.93. The third kappa shape index (κ3) is 3.48. The van der Waals surface area contributed by atoms with E-state index in [2.05, 4.69) is 37.3 Å². The Labute approximate surface area is 164 Å². The molecule has 1 aliphatic rings. The lowest BCUT2D eigenvalue weighted by Gasteiger charge is -2.32. The number of fused-ring (bicyclic) bond motifs is 1. The fraction of sp³-hybridized carbons (Fsp3) is 0.389. The van der Waals surface area contributed by atoms with Gasteiger partial charge in [0.25, 0.3) is 5.91 Å². The van der Waals surface area contributed by atoms with Crippen LogP contribution in [0.25, 0.3) is 10.2 Å². The highest BCUT2D eigenvalue weighted by molar-refractivity contribution is 9.10. The first-order valence-electron chi connectivity index (χ1n) is 8.62. The van der Waals surface area contributed by atoms with Gasteiger partial charge in [0.15, 0.2) is 5.13 Å². The van der Waals surface area contributed by atoms with Gasteiger partial charge < -0.3 is 10.2 Å². The van der Waals surface area contributed by atoms with Crippen LogP contribution in [0.15, 0.2) is 28.7 Å². The molecule has 1 atom stereocenters. The Kier molecular flexibility index (Phi) is 4.71. The molecule has 0 spiro atoms. The Morgan fingerprint density at radius 1 is 1.38 bits per heavy atom. The van der Waals surface area contributed by atoms with E-state index in [0.29, 0.717) is 5.69 Å². The number of halogens is 1. The number of anilines is 1. The molecule has 26 heavy (non-hydrogen) atoms. The van der Waals surface area contributed by atoms with Crippen LogP contribution in [0.3, 0.4) is 0 Å². The molecule has 1 aromatic carbocycles. The number of nitrogens with one attached hydrogen (secondary N) is 1. The first-order chi connectivity index (χ1) is 12.5. The number of nitrogens with zero attached hydrogens (tertiary/aromatic N) is 4. The van der Waals surface area contributed by atoms with Crippen molar-refractivity contribution >= 4 is 48.5 Å². The van der Waals surface area contributed by atoms with Crippen molar-refractivity contribution in [3.63, 3.8) is 0 Å². The van der Waals surface area contributed by atoms with Gasteiger partial charge in [-0.25, -0.2) is 4.98 Å². The largest absolute Gasteiger partial charge is 0.346 e. The number of hydrogen-bond donors (Lipinski definition) is 1. The normalized spacial score (nSPS) is 17.7. The predicted octanol–water partition coefficient (Wildman–Crippen LogP) is 3.50. The van der Waals surface area contributed by atoms with Crippen molar-refractivity contribution < 1.29 is 4.79 Å². The summed E-state index contributed by atoms with van der Waals surface area (Å²) in [4.78, 5) is 19.6. The number of piperidine rings is 1. The lowest BCUT2D eigenvalue weighted by molar-refractivity contribution is 0.0923. The molecule has 1 amide bonds. The van der Waals surface area contributed by atoms with E-state index >= 15 is 0 Å². The van der Waals surface area contributed by atoms with Crippen LogP contribution in [0.2, 0.25) is 0 Å². The maximum absolute atomic E-state index is 12.6. The van der Waals surface area contributed by atoms with Gasteiger partial charge in [0.05, 0.1) is 15.9 Å². The molecule has 0 aliphatic carbocycles. The predicted molar refractivity (Wildman–Crippen MR) is 108 cm³/mol. The molecule has 2 aromatic heterocycles. The quantitative estimate of drug-likeness (QED) is 0.686. The smallest absolute Gasteiger partial charge is 0.269 e. The van der Waals surface area contributed by atoms with Crippen molar-refractivity contribution in [2.45, 2.75) is 25.8 Å². The Balaban J connectivity index is 1.48. The minimum Gasteiger partial charge on any atom is -0.346 e. The number of thiazole rings is 1. The fourth-order valence-electron chi connectivity index (χ4n) is 3.37. The molecule has 1 fully saturated rings. The summed E-state index contributed by atoms with van der Waals surface area (Å²) in [6.45, 7) is 3.65. The second kappa shape index (κ2) is 7.00. The summed E-state index contributed by atoms with van der Waals surface area (Å²) in [6.07, 6.45) is 2.02. The lowest BCUT2D eigenvalue weighted by atomic mass is 10.1. The Morgan fingerprint density at radius 2 is 2.23 bits per heavy atom. The molecule has 0 bridgehead atoms. The van der Waals surface area contributed by atoms with Crippen LogP contribution in [0.1, 0.15) is 29.0 Å². The van der Waals surface area contributed by atoms with Crippen molar-refractivity contribution in [3.8, 4) is 0 Å². The molecule has 136 valence electrons. The number of amides is 1. The highest BCUT2D eigenvalue weighted by Crippen LogP contribution is 2.32. The lowest BCUT2D eigenvalue weighted by Crippen LogP contribution is -2.48. The van der Waals surface area contributed by atoms with Crippen LogP contribution in [0.5, 0.6) is 0 Å². The zero-order chi connectivity index (χ0) is 18.3. The third-order valence-corrected chi connectivity index (χ3v) is 6.17. The van der Waals surface area contributed by atoms with Gasteiger partial charge in [-0.2, -0.15) is 5.10 Å². The Bertz CT molecular complexity index is 966. The summed E-state index contributed by atoms with van der Waals surface area (Å²) >= 11 is 5.21. The van der Waals surface area contributed by atoms with Crippen LogP contribution in [0, 0.1) is 6.92 Å². The van der Waals surface area contributed by atoms with E-state index in [1.807, 2.05) is 25.1 Å². The van der Waals surface area contributed by atoms with Gasteiger partial charge in [-0.1, -0.05) is 27.3 Å². The van der Waals surface area contributed by atoms with Crippen LogP contribution in [-0.2, 0) is 7.05 Å².